The normalized spacial score (nSPS) is 29.2. The van der Waals surface area contributed by atoms with E-state index >= 15 is 0 Å². The Balaban J connectivity index is 1.51. The van der Waals surface area contributed by atoms with Crippen molar-refractivity contribution < 1.29 is 14.0 Å². The fourth-order valence-electron chi connectivity index (χ4n) is 3.25. The Hall–Kier alpha value is -1.78. The van der Waals surface area contributed by atoms with Gasteiger partial charge in [-0.25, -0.2) is 0 Å². The van der Waals surface area contributed by atoms with Crippen LogP contribution in [0.25, 0.3) is 0 Å². The van der Waals surface area contributed by atoms with E-state index < -0.39 is 5.91 Å². The standard InChI is InChI=1S/C13H16N2O3/c16-12(10-7-8-3-4-9(10)6-8)14-15-13(17)11-2-1-5-18-11/h1-2,5,8-10H,3-4,6-7H2,(H,14,16)(H,15,17)/t8-,9-,10+/m0/s1. The van der Waals surface area contributed by atoms with Crippen molar-refractivity contribution in [2.24, 2.45) is 17.8 Å². The molecule has 3 rings (SSSR count). The Labute approximate surface area is 105 Å². The third kappa shape index (κ3) is 2.00. The minimum absolute atomic E-state index is 0.0675. The van der Waals surface area contributed by atoms with Crippen molar-refractivity contribution in [3.05, 3.63) is 24.2 Å². The molecule has 2 fully saturated rings. The van der Waals surface area contributed by atoms with E-state index in [-0.39, 0.29) is 17.6 Å². The second kappa shape index (κ2) is 4.48. The molecule has 2 aliphatic rings. The molecule has 1 aromatic heterocycles. The van der Waals surface area contributed by atoms with Gasteiger partial charge in [-0.05, 0) is 43.2 Å². The van der Waals surface area contributed by atoms with Gasteiger partial charge in [0.1, 0.15) is 0 Å². The molecule has 1 aromatic rings. The number of fused-ring (bicyclic) bond motifs is 2. The summed E-state index contributed by atoms with van der Waals surface area (Å²) in [4.78, 5) is 23.5. The van der Waals surface area contributed by atoms with E-state index in [9.17, 15) is 9.59 Å². The van der Waals surface area contributed by atoms with Gasteiger partial charge in [0.15, 0.2) is 5.76 Å². The van der Waals surface area contributed by atoms with Crippen molar-refractivity contribution in [3.63, 3.8) is 0 Å². The lowest BCUT2D eigenvalue weighted by Crippen LogP contribution is -2.45. The molecule has 2 bridgehead atoms. The molecule has 2 aliphatic carbocycles. The predicted molar refractivity (Wildman–Crippen MR) is 63.3 cm³/mol. The summed E-state index contributed by atoms with van der Waals surface area (Å²) < 4.78 is 4.94. The second-order valence-corrected chi connectivity index (χ2v) is 5.20. The summed E-state index contributed by atoms with van der Waals surface area (Å²) in [5.74, 6) is 1.00. The van der Waals surface area contributed by atoms with Crippen LogP contribution in [0.15, 0.2) is 22.8 Å². The Bertz CT molecular complexity index is 455. The molecular weight excluding hydrogens is 232 g/mol. The molecule has 2 saturated carbocycles. The average molecular weight is 248 g/mol. The molecule has 2 amide bonds. The van der Waals surface area contributed by atoms with Gasteiger partial charge in [-0.15, -0.1) is 0 Å². The molecule has 1 heterocycles. The number of furan rings is 1. The van der Waals surface area contributed by atoms with Gasteiger partial charge in [-0.2, -0.15) is 0 Å². The maximum absolute atomic E-state index is 12.0. The van der Waals surface area contributed by atoms with Gasteiger partial charge in [0.05, 0.1) is 6.26 Å². The van der Waals surface area contributed by atoms with E-state index in [1.54, 1.807) is 12.1 Å². The van der Waals surface area contributed by atoms with E-state index in [0.717, 1.165) is 12.8 Å². The fraction of sp³-hybridized carbons (Fsp3) is 0.538. The van der Waals surface area contributed by atoms with Crippen molar-refractivity contribution in [2.45, 2.75) is 25.7 Å². The van der Waals surface area contributed by atoms with Gasteiger partial charge < -0.3 is 4.42 Å². The first-order valence-corrected chi connectivity index (χ1v) is 6.37. The first-order chi connectivity index (χ1) is 8.74. The average Bonchev–Trinajstić information content (AvgIpc) is 3.09. The zero-order chi connectivity index (χ0) is 12.5. The first kappa shape index (κ1) is 11.3. The maximum Gasteiger partial charge on any atom is 0.305 e. The summed E-state index contributed by atoms with van der Waals surface area (Å²) >= 11 is 0. The van der Waals surface area contributed by atoms with Crippen LogP contribution in [-0.4, -0.2) is 11.8 Å². The Kier molecular flexibility index (Phi) is 2.81. The lowest BCUT2D eigenvalue weighted by atomic mass is 9.88. The SMILES string of the molecule is O=C(NNC(=O)[C@@H]1C[C@H]2CC[C@H]1C2)c1ccco1. The van der Waals surface area contributed by atoms with E-state index in [4.69, 9.17) is 4.42 Å². The molecule has 0 saturated heterocycles. The highest BCUT2D eigenvalue weighted by atomic mass is 16.3. The predicted octanol–water partition coefficient (Wildman–Crippen LogP) is 1.48. The number of hydrogen-bond donors (Lipinski definition) is 2. The van der Waals surface area contributed by atoms with E-state index in [1.807, 2.05) is 0 Å². The van der Waals surface area contributed by atoms with Gasteiger partial charge >= 0.3 is 5.91 Å². The molecule has 0 spiro atoms. The number of carbonyl (C=O) groups is 2. The van der Waals surface area contributed by atoms with Crippen LogP contribution in [0.3, 0.4) is 0 Å². The highest BCUT2D eigenvalue weighted by Gasteiger charge is 2.43. The molecule has 0 radical (unpaired) electrons. The van der Waals surface area contributed by atoms with Crippen molar-refractivity contribution in [1.29, 1.82) is 0 Å². The molecule has 18 heavy (non-hydrogen) atoms. The van der Waals surface area contributed by atoms with Crippen molar-refractivity contribution in [3.8, 4) is 0 Å². The maximum atomic E-state index is 12.0. The lowest BCUT2D eigenvalue weighted by molar-refractivity contribution is -0.127. The number of carbonyl (C=O) groups excluding carboxylic acids is 2. The van der Waals surface area contributed by atoms with Gasteiger partial charge in [0.2, 0.25) is 5.91 Å². The van der Waals surface area contributed by atoms with Gasteiger partial charge in [0.25, 0.3) is 0 Å². The highest BCUT2D eigenvalue weighted by Crippen LogP contribution is 2.48. The summed E-state index contributed by atoms with van der Waals surface area (Å²) in [7, 11) is 0. The number of rotatable bonds is 2. The summed E-state index contributed by atoms with van der Waals surface area (Å²) in [6, 6.07) is 3.19. The quantitative estimate of drug-likeness (QED) is 0.779. The van der Waals surface area contributed by atoms with E-state index in [1.165, 1.54) is 19.1 Å². The molecular formula is C13H16N2O3. The highest BCUT2D eigenvalue weighted by molar-refractivity contribution is 5.93. The van der Waals surface area contributed by atoms with Crippen LogP contribution >= 0.6 is 0 Å². The molecule has 0 aliphatic heterocycles. The van der Waals surface area contributed by atoms with Gasteiger partial charge in [-0.3, -0.25) is 20.4 Å². The van der Waals surface area contributed by atoms with Crippen molar-refractivity contribution in [2.75, 3.05) is 0 Å². The minimum atomic E-state index is -0.420. The molecule has 96 valence electrons. The van der Waals surface area contributed by atoms with Crippen LogP contribution < -0.4 is 10.9 Å². The van der Waals surface area contributed by atoms with Crippen molar-refractivity contribution >= 4 is 11.8 Å². The van der Waals surface area contributed by atoms with E-state index in [2.05, 4.69) is 10.9 Å². The zero-order valence-corrected chi connectivity index (χ0v) is 10.0. The number of amides is 2. The van der Waals surface area contributed by atoms with E-state index in [0.29, 0.717) is 11.8 Å². The first-order valence-electron chi connectivity index (χ1n) is 6.37. The number of hydrogen-bond acceptors (Lipinski definition) is 3. The molecule has 2 N–H and O–H groups in total. The monoisotopic (exact) mass is 248 g/mol. The van der Waals surface area contributed by atoms with Crippen LogP contribution in [0.2, 0.25) is 0 Å². The number of nitrogens with one attached hydrogen (secondary N) is 2. The summed E-state index contributed by atoms with van der Waals surface area (Å²) in [5, 5.41) is 0. The lowest BCUT2D eigenvalue weighted by Gasteiger charge is -2.20. The van der Waals surface area contributed by atoms with Crippen LogP contribution in [-0.2, 0) is 4.79 Å². The Morgan fingerprint density at radius 3 is 2.72 bits per heavy atom. The third-order valence-corrected chi connectivity index (χ3v) is 4.12. The van der Waals surface area contributed by atoms with Crippen LogP contribution in [0.4, 0.5) is 0 Å². The second-order valence-electron chi connectivity index (χ2n) is 5.20. The van der Waals surface area contributed by atoms with Gasteiger partial charge in [0, 0.05) is 5.92 Å². The molecule has 5 nitrogen and oxygen atoms in total. The zero-order valence-electron chi connectivity index (χ0n) is 10.0. The molecule has 3 atom stereocenters. The smallest absolute Gasteiger partial charge is 0.305 e. The van der Waals surface area contributed by atoms with Crippen LogP contribution in [0, 0.1) is 17.8 Å². The van der Waals surface area contributed by atoms with Gasteiger partial charge in [-0.1, -0.05) is 6.42 Å². The van der Waals surface area contributed by atoms with Crippen LogP contribution in [0.1, 0.15) is 36.2 Å². The fourth-order valence-corrected chi connectivity index (χ4v) is 3.25. The molecule has 0 unspecified atom stereocenters. The minimum Gasteiger partial charge on any atom is -0.459 e. The topological polar surface area (TPSA) is 71.3 Å². The summed E-state index contributed by atoms with van der Waals surface area (Å²) in [5.41, 5.74) is 4.89. The largest absolute Gasteiger partial charge is 0.459 e. The van der Waals surface area contributed by atoms with Crippen molar-refractivity contribution in [1.82, 2.24) is 10.9 Å². The molecule has 5 heteroatoms. The Morgan fingerprint density at radius 1 is 1.22 bits per heavy atom. The Morgan fingerprint density at radius 2 is 2.11 bits per heavy atom. The third-order valence-electron chi connectivity index (χ3n) is 4.12. The summed E-state index contributed by atoms with van der Waals surface area (Å²) in [6.07, 6.45) is 5.96. The molecule has 0 aromatic carbocycles. The summed E-state index contributed by atoms with van der Waals surface area (Å²) in [6.45, 7) is 0. The van der Waals surface area contributed by atoms with Crippen LogP contribution in [0.5, 0.6) is 0 Å². The number of hydrazine groups is 1.